The summed E-state index contributed by atoms with van der Waals surface area (Å²) in [6, 6.07) is 0.505. The van der Waals surface area contributed by atoms with Crippen molar-refractivity contribution in [2.45, 2.75) is 6.04 Å². The number of likely N-dealkylation sites (tertiary alicyclic amines) is 1. The summed E-state index contributed by atoms with van der Waals surface area (Å²) in [6.45, 7) is 6.03. The van der Waals surface area contributed by atoms with E-state index in [4.69, 9.17) is 0 Å². The van der Waals surface area contributed by atoms with Crippen LogP contribution in [0.5, 0.6) is 0 Å². The first-order valence-electron chi connectivity index (χ1n) is 6.09. The Morgan fingerprint density at radius 2 is 2.22 bits per heavy atom. The summed E-state index contributed by atoms with van der Waals surface area (Å²) in [5.74, 6) is 0.854. The van der Waals surface area contributed by atoms with Crippen LogP contribution in [0, 0.1) is 0 Å². The summed E-state index contributed by atoms with van der Waals surface area (Å²) in [4.78, 5) is 11.1. The van der Waals surface area contributed by atoms with Gasteiger partial charge in [-0.3, -0.25) is 0 Å². The van der Waals surface area contributed by atoms with E-state index in [1.807, 2.05) is 25.6 Å². The van der Waals surface area contributed by atoms with Crippen LogP contribution in [0.3, 0.4) is 0 Å². The minimum absolute atomic E-state index is 0.505. The van der Waals surface area contributed by atoms with Gasteiger partial charge in [-0.15, -0.1) is 0 Å². The molecule has 0 atom stereocenters. The molecule has 94 valence electrons. The minimum Gasteiger partial charge on any atom is -0.373 e. The highest BCUT2D eigenvalue weighted by atomic mass is 15.3. The zero-order valence-corrected chi connectivity index (χ0v) is 10.7. The number of aromatic nitrogens is 3. The topological polar surface area (TPSA) is 46.0 Å². The van der Waals surface area contributed by atoms with E-state index < -0.39 is 0 Å². The number of rotatable bonds is 3. The molecular weight excluding hydrogens is 226 g/mol. The van der Waals surface area contributed by atoms with Crippen molar-refractivity contribution in [3.8, 4) is 0 Å². The van der Waals surface area contributed by atoms with Crippen molar-refractivity contribution in [1.29, 1.82) is 0 Å². The number of pyridine rings is 1. The summed E-state index contributed by atoms with van der Waals surface area (Å²) >= 11 is 0. The highest BCUT2D eigenvalue weighted by molar-refractivity contribution is 5.89. The van der Waals surface area contributed by atoms with E-state index in [0.29, 0.717) is 6.04 Å². The second-order valence-electron chi connectivity index (χ2n) is 4.74. The molecule has 0 spiro atoms. The van der Waals surface area contributed by atoms with Crippen LogP contribution in [-0.4, -0.2) is 46.6 Å². The van der Waals surface area contributed by atoms with E-state index >= 15 is 0 Å². The molecule has 1 aliphatic heterocycles. The van der Waals surface area contributed by atoms with Crippen molar-refractivity contribution >= 4 is 22.9 Å². The van der Waals surface area contributed by atoms with Gasteiger partial charge in [-0.05, 0) is 7.05 Å². The number of fused-ring (bicyclic) bond motifs is 1. The molecule has 1 aliphatic rings. The summed E-state index contributed by atoms with van der Waals surface area (Å²) in [6.07, 6.45) is 5.57. The molecule has 2 aromatic heterocycles. The van der Waals surface area contributed by atoms with Crippen LogP contribution in [-0.2, 0) is 0 Å². The van der Waals surface area contributed by atoms with Crippen molar-refractivity contribution in [2.75, 3.05) is 32.5 Å². The molecule has 5 nitrogen and oxygen atoms in total. The second kappa shape index (κ2) is 4.10. The number of imidazole rings is 1. The molecule has 3 rings (SSSR count). The van der Waals surface area contributed by atoms with E-state index in [0.717, 1.165) is 35.5 Å². The zero-order valence-electron chi connectivity index (χ0n) is 10.7. The Balaban J connectivity index is 2.18. The first-order chi connectivity index (χ1) is 8.74. The van der Waals surface area contributed by atoms with E-state index in [1.165, 1.54) is 0 Å². The molecule has 18 heavy (non-hydrogen) atoms. The number of nitrogens with zero attached hydrogens (tertiary/aromatic N) is 4. The maximum absolute atomic E-state index is 4.44. The van der Waals surface area contributed by atoms with Crippen LogP contribution < -0.4 is 5.32 Å². The lowest BCUT2D eigenvalue weighted by atomic mass is 10.1. The minimum atomic E-state index is 0.505. The van der Waals surface area contributed by atoms with Gasteiger partial charge < -0.3 is 14.8 Å². The van der Waals surface area contributed by atoms with Gasteiger partial charge in [-0.1, -0.05) is 12.7 Å². The fraction of sp³-hybridized carbons (Fsp3) is 0.385. The summed E-state index contributed by atoms with van der Waals surface area (Å²) < 4.78 is 2.24. The summed E-state index contributed by atoms with van der Waals surface area (Å²) in [5, 5.41) is 3.11. The highest BCUT2D eigenvalue weighted by Gasteiger charge is 2.27. The van der Waals surface area contributed by atoms with Gasteiger partial charge in [0, 0.05) is 25.7 Å². The monoisotopic (exact) mass is 243 g/mol. The van der Waals surface area contributed by atoms with Crippen LogP contribution in [0.2, 0.25) is 0 Å². The Kier molecular flexibility index (Phi) is 2.56. The van der Waals surface area contributed by atoms with Gasteiger partial charge in [0.15, 0.2) is 0 Å². The molecule has 0 aromatic carbocycles. The maximum Gasteiger partial charge on any atom is 0.135 e. The third-order valence-electron chi connectivity index (χ3n) is 3.53. The molecule has 5 heteroatoms. The van der Waals surface area contributed by atoms with E-state index in [9.17, 15) is 0 Å². The van der Waals surface area contributed by atoms with Gasteiger partial charge in [-0.25, -0.2) is 9.97 Å². The first-order valence-corrected chi connectivity index (χ1v) is 6.09. The molecule has 0 amide bonds. The molecule has 0 aliphatic carbocycles. The standard InChI is InChI=1S/C13H17N5/c1-4-10-12-11(5-15-13(10)14-2)16-8-18(12)9-6-17(3)7-9/h4-5,8-9H,1,6-7H2,2-3H3,(H,14,15). The first kappa shape index (κ1) is 11.2. The average molecular weight is 243 g/mol. The van der Waals surface area contributed by atoms with Gasteiger partial charge in [0.05, 0.1) is 24.1 Å². The fourth-order valence-electron chi connectivity index (χ4n) is 2.57. The van der Waals surface area contributed by atoms with Crippen LogP contribution in [0.1, 0.15) is 11.6 Å². The third kappa shape index (κ3) is 1.51. The molecule has 2 aromatic rings. The maximum atomic E-state index is 4.44. The fourth-order valence-corrected chi connectivity index (χ4v) is 2.57. The smallest absolute Gasteiger partial charge is 0.135 e. The van der Waals surface area contributed by atoms with Crippen LogP contribution in [0.4, 0.5) is 5.82 Å². The largest absolute Gasteiger partial charge is 0.373 e. The van der Waals surface area contributed by atoms with Crippen LogP contribution in [0.25, 0.3) is 17.1 Å². The predicted octanol–water partition coefficient (Wildman–Crippen LogP) is 1.60. The lowest BCUT2D eigenvalue weighted by Gasteiger charge is -2.37. The number of nitrogens with one attached hydrogen (secondary N) is 1. The second-order valence-corrected chi connectivity index (χ2v) is 4.74. The lowest BCUT2D eigenvalue weighted by molar-refractivity contribution is 0.143. The molecule has 1 N–H and O–H groups in total. The van der Waals surface area contributed by atoms with Crippen molar-refractivity contribution in [1.82, 2.24) is 19.4 Å². The van der Waals surface area contributed by atoms with Gasteiger partial charge in [-0.2, -0.15) is 0 Å². The van der Waals surface area contributed by atoms with Gasteiger partial charge in [0.2, 0.25) is 0 Å². The number of likely N-dealkylation sites (N-methyl/N-ethyl adjacent to an activating group) is 1. The summed E-state index contributed by atoms with van der Waals surface area (Å²) in [7, 11) is 4.00. The molecule has 0 bridgehead atoms. The Labute approximate surface area is 106 Å². The van der Waals surface area contributed by atoms with E-state index in [2.05, 4.69) is 38.4 Å². The third-order valence-corrected chi connectivity index (χ3v) is 3.53. The normalized spacial score (nSPS) is 16.8. The van der Waals surface area contributed by atoms with Crippen molar-refractivity contribution in [3.05, 3.63) is 24.7 Å². The van der Waals surface area contributed by atoms with Crippen molar-refractivity contribution in [3.63, 3.8) is 0 Å². The molecule has 1 fully saturated rings. The molecule has 0 unspecified atom stereocenters. The lowest BCUT2D eigenvalue weighted by Crippen LogP contribution is -2.44. The molecule has 3 heterocycles. The quantitative estimate of drug-likeness (QED) is 0.889. The van der Waals surface area contributed by atoms with Crippen LogP contribution >= 0.6 is 0 Å². The van der Waals surface area contributed by atoms with Crippen molar-refractivity contribution in [2.24, 2.45) is 0 Å². The predicted molar refractivity (Wildman–Crippen MR) is 73.7 cm³/mol. The molecule has 1 saturated heterocycles. The molecule has 0 saturated carbocycles. The van der Waals surface area contributed by atoms with Gasteiger partial charge in [0.25, 0.3) is 0 Å². The van der Waals surface area contributed by atoms with Gasteiger partial charge in [0.1, 0.15) is 11.3 Å². The van der Waals surface area contributed by atoms with Gasteiger partial charge >= 0.3 is 0 Å². The van der Waals surface area contributed by atoms with Crippen LogP contribution in [0.15, 0.2) is 19.1 Å². The zero-order chi connectivity index (χ0) is 12.7. The SMILES string of the molecule is C=Cc1c(NC)ncc2ncn(C3CN(C)C3)c12. The Morgan fingerprint density at radius 3 is 2.83 bits per heavy atom. The Morgan fingerprint density at radius 1 is 1.44 bits per heavy atom. The average Bonchev–Trinajstić information content (AvgIpc) is 2.77. The van der Waals surface area contributed by atoms with E-state index in [-0.39, 0.29) is 0 Å². The summed E-state index contributed by atoms with van der Waals surface area (Å²) in [5.41, 5.74) is 3.09. The van der Waals surface area contributed by atoms with E-state index in [1.54, 1.807) is 0 Å². The van der Waals surface area contributed by atoms with Crippen molar-refractivity contribution < 1.29 is 0 Å². The Bertz CT molecular complexity index is 595. The number of hydrogen-bond acceptors (Lipinski definition) is 4. The number of anilines is 1. The highest BCUT2D eigenvalue weighted by Crippen LogP contribution is 2.29. The molecular formula is C13H17N5. The number of hydrogen-bond donors (Lipinski definition) is 1. The Hall–Kier alpha value is -1.88. The molecule has 0 radical (unpaired) electrons.